The van der Waals surface area contributed by atoms with Gasteiger partial charge in [-0.1, -0.05) is 33.3 Å². The van der Waals surface area contributed by atoms with Gasteiger partial charge in [-0.2, -0.15) is 0 Å². The average Bonchev–Trinajstić information content (AvgIpc) is 2.28. The molecule has 16 heavy (non-hydrogen) atoms. The van der Waals surface area contributed by atoms with Crippen molar-refractivity contribution in [1.82, 2.24) is 0 Å². The van der Waals surface area contributed by atoms with Crippen LogP contribution in [0.3, 0.4) is 0 Å². The molecule has 1 heterocycles. The number of cyclic esters (lactones) is 1. The molecule has 1 N–H and O–H groups in total. The Hall–Kier alpha value is -0.830. The molecular weight excluding hydrogens is 204 g/mol. The molecule has 3 nitrogen and oxygen atoms in total. The molecule has 0 aromatic carbocycles. The first-order valence-electron chi connectivity index (χ1n) is 6.04. The highest BCUT2D eigenvalue weighted by atomic mass is 16.5. The summed E-state index contributed by atoms with van der Waals surface area (Å²) in [5, 5.41) is 9.87. The summed E-state index contributed by atoms with van der Waals surface area (Å²) < 4.78 is 5.29. The van der Waals surface area contributed by atoms with Crippen LogP contribution in [0.25, 0.3) is 0 Å². The van der Waals surface area contributed by atoms with E-state index in [1.807, 2.05) is 13.0 Å². The Morgan fingerprint density at radius 1 is 1.50 bits per heavy atom. The molecule has 5 atom stereocenters. The minimum absolute atomic E-state index is 0.0343. The van der Waals surface area contributed by atoms with Crippen molar-refractivity contribution in [3.05, 3.63) is 12.2 Å². The number of allylic oxidation sites excluding steroid dienone is 1. The van der Waals surface area contributed by atoms with E-state index in [1.165, 1.54) is 0 Å². The first-order valence-corrected chi connectivity index (χ1v) is 6.04. The number of aliphatic hydroxyl groups is 1. The Bertz CT molecular complexity index is 272. The fourth-order valence-corrected chi connectivity index (χ4v) is 1.79. The molecule has 0 radical (unpaired) electrons. The molecule has 0 aromatic rings. The third-order valence-corrected chi connectivity index (χ3v) is 3.47. The summed E-state index contributed by atoms with van der Waals surface area (Å²) >= 11 is 0. The lowest BCUT2D eigenvalue weighted by atomic mass is 9.86. The number of rotatable bonds is 3. The van der Waals surface area contributed by atoms with E-state index in [9.17, 15) is 9.90 Å². The van der Waals surface area contributed by atoms with Gasteiger partial charge in [0, 0.05) is 5.92 Å². The molecular formula is C13H22O3. The molecule has 1 rings (SSSR count). The summed E-state index contributed by atoms with van der Waals surface area (Å²) in [4.78, 5) is 11.5. The van der Waals surface area contributed by atoms with E-state index in [0.717, 1.165) is 6.42 Å². The lowest BCUT2D eigenvalue weighted by Crippen LogP contribution is -2.45. The van der Waals surface area contributed by atoms with E-state index in [1.54, 1.807) is 6.92 Å². The van der Waals surface area contributed by atoms with Crippen LogP contribution in [-0.4, -0.2) is 23.3 Å². The second-order valence-corrected chi connectivity index (χ2v) is 4.81. The third-order valence-electron chi connectivity index (χ3n) is 3.47. The van der Waals surface area contributed by atoms with Gasteiger partial charge in [0.05, 0.1) is 12.0 Å². The molecule has 0 amide bonds. The lowest BCUT2D eigenvalue weighted by molar-refractivity contribution is -0.172. The summed E-state index contributed by atoms with van der Waals surface area (Å²) in [5.74, 6) is -0.275. The van der Waals surface area contributed by atoms with Crippen LogP contribution in [0.15, 0.2) is 12.2 Å². The van der Waals surface area contributed by atoms with E-state index in [2.05, 4.69) is 19.9 Å². The van der Waals surface area contributed by atoms with Crippen molar-refractivity contribution in [2.75, 3.05) is 0 Å². The normalized spacial score (nSPS) is 37.4. The SMILES string of the molecule is CC[C@H](C)C=C[C@H]1OC(=O)[C@H](C)[C@H](O)[C@@H]1C. The first kappa shape index (κ1) is 13.2. The summed E-state index contributed by atoms with van der Waals surface area (Å²) in [7, 11) is 0. The predicted octanol–water partition coefficient (Wildman–Crippen LogP) is 2.15. The van der Waals surface area contributed by atoms with Crippen molar-refractivity contribution >= 4 is 5.97 Å². The summed E-state index contributed by atoms with van der Waals surface area (Å²) in [6, 6.07) is 0. The zero-order chi connectivity index (χ0) is 12.3. The van der Waals surface area contributed by atoms with E-state index >= 15 is 0 Å². The summed E-state index contributed by atoms with van der Waals surface area (Å²) in [6.45, 7) is 7.85. The van der Waals surface area contributed by atoms with Crippen LogP contribution in [0.2, 0.25) is 0 Å². The zero-order valence-electron chi connectivity index (χ0n) is 10.5. The maximum Gasteiger partial charge on any atom is 0.311 e. The number of carbonyl (C=O) groups is 1. The van der Waals surface area contributed by atoms with Gasteiger partial charge in [0.15, 0.2) is 0 Å². The van der Waals surface area contributed by atoms with Gasteiger partial charge in [0.25, 0.3) is 0 Å². The quantitative estimate of drug-likeness (QED) is 0.592. The maximum absolute atomic E-state index is 11.5. The van der Waals surface area contributed by atoms with E-state index < -0.39 is 12.0 Å². The second kappa shape index (κ2) is 5.48. The van der Waals surface area contributed by atoms with Gasteiger partial charge < -0.3 is 9.84 Å². The van der Waals surface area contributed by atoms with Crippen molar-refractivity contribution in [3.63, 3.8) is 0 Å². The monoisotopic (exact) mass is 226 g/mol. The molecule has 0 aromatic heterocycles. The molecule has 1 aliphatic heterocycles. The fraction of sp³-hybridized carbons (Fsp3) is 0.769. The topological polar surface area (TPSA) is 46.5 Å². The van der Waals surface area contributed by atoms with Crippen LogP contribution in [0, 0.1) is 17.8 Å². The standard InChI is InChI=1S/C13H22O3/c1-5-8(2)6-7-11-9(3)12(14)10(4)13(15)16-11/h6-12,14H,5H2,1-4H3/t8-,9+,10+,11+,12+/m0/s1. The average molecular weight is 226 g/mol. The number of ether oxygens (including phenoxy) is 1. The van der Waals surface area contributed by atoms with Gasteiger partial charge in [0.2, 0.25) is 0 Å². The van der Waals surface area contributed by atoms with Crippen LogP contribution in [0.4, 0.5) is 0 Å². The Labute approximate surface area is 97.5 Å². The van der Waals surface area contributed by atoms with Gasteiger partial charge in [-0.25, -0.2) is 0 Å². The maximum atomic E-state index is 11.5. The molecule has 0 saturated carbocycles. The summed E-state index contributed by atoms with van der Waals surface area (Å²) in [5.41, 5.74) is 0. The van der Waals surface area contributed by atoms with Crippen molar-refractivity contribution in [2.24, 2.45) is 17.8 Å². The Morgan fingerprint density at radius 3 is 2.69 bits per heavy atom. The minimum Gasteiger partial charge on any atom is -0.457 e. The molecule has 0 bridgehead atoms. The molecule has 0 unspecified atom stereocenters. The zero-order valence-corrected chi connectivity index (χ0v) is 10.5. The van der Waals surface area contributed by atoms with Gasteiger partial charge in [-0.05, 0) is 18.9 Å². The highest BCUT2D eigenvalue weighted by Crippen LogP contribution is 2.27. The van der Waals surface area contributed by atoms with Crippen LogP contribution < -0.4 is 0 Å². The number of aliphatic hydroxyl groups excluding tert-OH is 1. The molecule has 1 aliphatic rings. The molecule has 0 aliphatic carbocycles. The predicted molar refractivity (Wildman–Crippen MR) is 62.8 cm³/mol. The minimum atomic E-state index is -0.604. The largest absolute Gasteiger partial charge is 0.457 e. The third kappa shape index (κ3) is 2.85. The molecule has 3 heteroatoms. The van der Waals surface area contributed by atoms with Gasteiger partial charge in [0.1, 0.15) is 6.10 Å². The number of hydrogen-bond donors (Lipinski definition) is 1. The Morgan fingerprint density at radius 2 is 2.12 bits per heavy atom. The van der Waals surface area contributed by atoms with Crippen LogP contribution >= 0.6 is 0 Å². The fourth-order valence-electron chi connectivity index (χ4n) is 1.79. The van der Waals surface area contributed by atoms with E-state index in [0.29, 0.717) is 5.92 Å². The van der Waals surface area contributed by atoms with Crippen molar-refractivity contribution in [2.45, 2.75) is 46.3 Å². The van der Waals surface area contributed by atoms with Crippen molar-refractivity contribution < 1.29 is 14.6 Å². The smallest absolute Gasteiger partial charge is 0.311 e. The molecule has 92 valence electrons. The van der Waals surface area contributed by atoms with Crippen LogP contribution in [0.5, 0.6) is 0 Å². The van der Waals surface area contributed by atoms with E-state index in [-0.39, 0.29) is 18.0 Å². The number of esters is 1. The summed E-state index contributed by atoms with van der Waals surface area (Å²) in [6.07, 6.45) is 4.13. The lowest BCUT2D eigenvalue weighted by Gasteiger charge is -2.34. The second-order valence-electron chi connectivity index (χ2n) is 4.81. The van der Waals surface area contributed by atoms with Crippen molar-refractivity contribution in [1.29, 1.82) is 0 Å². The number of hydrogen-bond acceptors (Lipinski definition) is 3. The molecule has 1 fully saturated rings. The van der Waals surface area contributed by atoms with Gasteiger partial charge in [-0.3, -0.25) is 4.79 Å². The van der Waals surface area contributed by atoms with E-state index in [4.69, 9.17) is 4.74 Å². The highest BCUT2D eigenvalue weighted by Gasteiger charge is 2.39. The van der Waals surface area contributed by atoms with Gasteiger partial charge in [-0.15, -0.1) is 0 Å². The Kier molecular flexibility index (Phi) is 4.54. The van der Waals surface area contributed by atoms with Crippen molar-refractivity contribution in [3.8, 4) is 0 Å². The first-order chi connectivity index (χ1) is 7.47. The molecule has 1 saturated heterocycles. The van der Waals surface area contributed by atoms with Crippen LogP contribution in [-0.2, 0) is 9.53 Å². The highest BCUT2D eigenvalue weighted by molar-refractivity contribution is 5.74. The molecule has 0 spiro atoms. The van der Waals surface area contributed by atoms with Crippen LogP contribution in [0.1, 0.15) is 34.1 Å². The van der Waals surface area contributed by atoms with Gasteiger partial charge >= 0.3 is 5.97 Å². The number of carbonyl (C=O) groups excluding carboxylic acids is 1. The Balaban J connectivity index is 2.67.